The third-order valence-electron chi connectivity index (χ3n) is 5.20. The van der Waals surface area contributed by atoms with Crippen molar-refractivity contribution in [2.75, 3.05) is 7.11 Å². The second-order valence-corrected chi connectivity index (χ2v) is 8.90. The quantitative estimate of drug-likeness (QED) is 0.741. The van der Waals surface area contributed by atoms with Gasteiger partial charge in [-0.05, 0) is 64.3 Å². The number of aromatic nitrogens is 2. The summed E-state index contributed by atoms with van der Waals surface area (Å²) in [7, 11) is 1.55. The number of rotatable bonds is 7. The van der Waals surface area contributed by atoms with Crippen LogP contribution in [0.25, 0.3) is 0 Å². The third kappa shape index (κ3) is 4.60. The molecule has 7 heteroatoms. The standard InChI is InChI=1S/C22H29N3O4/c1-21(2,3)25-18(14-9-10-14)12-17(24-25)20(28)23-22(4,13-19(26)27)15-7-6-8-16(11-15)29-5/h6-8,11-12,14H,9-10,13H2,1-5H3,(H,23,28)(H,26,27). The lowest BCUT2D eigenvalue weighted by atomic mass is 9.88. The highest BCUT2D eigenvalue weighted by molar-refractivity contribution is 5.93. The molecule has 1 aromatic heterocycles. The summed E-state index contributed by atoms with van der Waals surface area (Å²) < 4.78 is 7.17. The second kappa shape index (κ2) is 7.54. The molecule has 156 valence electrons. The molecule has 1 saturated carbocycles. The largest absolute Gasteiger partial charge is 0.497 e. The topological polar surface area (TPSA) is 93.5 Å². The molecule has 0 bridgehead atoms. The van der Waals surface area contributed by atoms with Gasteiger partial charge in [-0.1, -0.05) is 12.1 Å². The molecular formula is C22H29N3O4. The van der Waals surface area contributed by atoms with E-state index in [2.05, 4.69) is 31.2 Å². The maximum atomic E-state index is 13.1. The molecular weight excluding hydrogens is 370 g/mol. The second-order valence-electron chi connectivity index (χ2n) is 8.90. The molecule has 1 aliphatic rings. The van der Waals surface area contributed by atoms with Crippen LogP contribution in [-0.4, -0.2) is 33.9 Å². The van der Waals surface area contributed by atoms with E-state index in [1.54, 1.807) is 38.3 Å². The van der Waals surface area contributed by atoms with Gasteiger partial charge in [0.15, 0.2) is 5.69 Å². The van der Waals surface area contributed by atoms with Gasteiger partial charge in [0, 0.05) is 11.6 Å². The summed E-state index contributed by atoms with van der Waals surface area (Å²) in [6, 6.07) is 8.92. The number of carboxylic acid groups (broad SMARTS) is 1. The van der Waals surface area contributed by atoms with Gasteiger partial charge in [0.25, 0.3) is 5.91 Å². The molecule has 7 nitrogen and oxygen atoms in total. The van der Waals surface area contributed by atoms with Crippen LogP contribution in [-0.2, 0) is 15.9 Å². The average Bonchev–Trinajstić information content (AvgIpc) is 3.37. The molecule has 1 amide bonds. The van der Waals surface area contributed by atoms with Crippen molar-refractivity contribution in [1.82, 2.24) is 15.1 Å². The third-order valence-corrected chi connectivity index (χ3v) is 5.20. The Bertz CT molecular complexity index is 924. The number of benzene rings is 1. The first-order chi connectivity index (χ1) is 13.5. The number of amides is 1. The first-order valence-electron chi connectivity index (χ1n) is 9.83. The zero-order chi connectivity index (χ0) is 21.4. The molecule has 1 unspecified atom stereocenters. The van der Waals surface area contributed by atoms with Crippen LogP contribution in [0.1, 0.15) is 74.6 Å². The Labute approximate surface area is 171 Å². The molecule has 2 aromatic rings. The summed E-state index contributed by atoms with van der Waals surface area (Å²) in [5.41, 5.74) is 0.673. The molecule has 29 heavy (non-hydrogen) atoms. The monoisotopic (exact) mass is 399 g/mol. The van der Waals surface area contributed by atoms with Crippen LogP contribution < -0.4 is 10.1 Å². The summed E-state index contributed by atoms with van der Waals surface area (Å²) in [4.78, 5) is 24.6. The average molecular weight is 399 g/mol. The number of carbonyl (C=O) groups excluding carboxylic acids is 1. The van der Waals surface area contributed by atoms with Crippen LogP contribution in [0.5, 0.6) is 5.75 Å². The van der Waals surface area contributed by atoms with Crippen LogP contribution in [0.15, 0.2) is 30.3 Å². The van der Waals surface area contributed by atoms with Crippen molar-refractivity contribution in [1.29, 1.82) is 0 Å². The van der Waals surface area contributed by atoms with Gasteiger partial charge in [-0.15, -0.1) is 0 Å². The highest BCUT2D eigenvalue weighted by Gasteiger charge is 2.36. The van der Waals surface area contributed by atoms with Gasteiger partial charge in [0.05, 0.1) is 24.6 Å². The number of ether oxygens (including phenoxy) is 1. The van der Waals surface area contributed by atoms with Crippen molar-refractivity contribution in [3.63, 3.8) is 0 Å². The lowest BCUT2D eigenvalue weighted by molar-refractivity contribution is -0.138. The molecule has 1 aromatic carbocycles. The predicted molar refractivity (Wildman–Crippen MR) is 109 cm³/mol. The zero-order valence-corrected chi connectivity index (χ0v) is 17.7. The van der Waals surface area contributed by atoms with Gasteiger partial charge in [-0.3, -0.25) is 14.3 Å². The molecule has 0 saturated heterocycles. The molecule has 1 heterocycles. The minimum atomic E-state index is -1.11. The Kier molecular flexibility index (Phi) is 5.43. The van der Waals surface area contributed by atoms with Gasteiger partial charge < -0.3 is 15.2 Å². The van der Waals surface area contributed by atoms with Gasteiger partial charge in [0.1, 0.15) is 5.75 Å². The number of nitrogens with zero attached hydrogens (tertiary/aromatic N) is 2. The van der Waals surface area contributed by atoms with E-state index in [9.17, 15) is 14.7 Å². The van der Waals surface area contributed by atoms with E-state index in [0.717, 1.165) is 18.5 Å². The number of carboxylic acids is 1. The summed E-state index contributed by atoms with van der Waals surface area (Å²) in [6.07, 6.45) is 1.94. The van der Waals surface area contributed by atoms with E-state index in [-0.39, 0.29) is 17.9 Å². The highest BCUT2D eigenvalue weighted by atomic mass is 16.5. The molecule has 3 rings (SSSR count). The van der Waals surface area contributed by atoms with Crippen LogP contribution in [0.2, 0.25) is 0 Å². The fraction of sp³-hybridized carbons (Fsp3) is 0.500. The molecule has 2 N–H and O–H groups in total. The Morgan fingerprint density at radius 2 is 1.93 bits per heavy atom. The van der Waals surface area contributed by atoms with Gasteiger partial charge in [0.2, 0.25) is 0 Å². The first-order valence-corrected chi connectivity index (χ1v) is 9.83. The maximum absolute atomic E-state index is 13.1. The van der Waals surface area contributed by atoms with Gasteiger partial charge >= 0.3 is 5.97 Å². The predicted octanol–water partition coefficient (Wildman–Crippen LogP) is 3.64. The van der Waals surface area contributed by atoms with Crippen molar-refractivity contribution in [3.8, 4) is 5.75 Å². The minimum absolute atomic E-state index is 0.242. The fourth-order valence-corrected chi connectivity index (χ4v) is 3.52. The molecule has 0 spiro atoms. The first kappa shape index (κ1) is 20.9. The van der Waals surface area contributed by atoms with E-state index in [4.69, 9.17) is 4.74 Å². The number of aliphatic carboxylic acids is 1. The minimum Gasteiger partial charge on any atom is -0.497 e. The van der Waals surface area contributed by atoms with Gasteiger partial charge in [-0.2, -0.15) is 5.10 Å². The van der Waals surface area contributed by atoms with E-state index in [1.807, 2.05) is 10.7 Å². The number of nitrogens with one attached hydrogen (secondary N) is 1. The molecule has 0 aliphatic heterocycles. The summed E-state index contributed by atoms with van der Waals surface area (Å²) in [6.45, 7) is 7.87. The molecule has 0 radical (unpaired) electrons. The zero-order valence-electron chi connectivity index (χ0n) is 17.7. The Morgan fingerprint density at radius 3 is 2.48 bits per heavy atom. The fourth-order valence-electron chi connectivity index (χ4n) is 3.52. The van der Waals surface area contributed by atoms with Crippen molar-refractivity contribution in [3.05, 3.63) is 47.3 Å². The van der Waals surface area contributed by atoms with Crippen molar-refractivity contribution < 1.29 is 19.4 Å². The van der Waals surface area contributed by atoms with Crippen molar-refractivity contribution in [2.45, 2.75) is 64.0 Å². The number of hydrogen-bond donors (Lipinski definition) is 2. The van der Waals surface area contributed by atoms with E-state index < -0.39 is 11.5 Å². The number of methoxy groups -OCH3 is 1. The lowest BCUT2D eigenvalue weighted by Gasteiger charge is -2.30. The SMILES string of the molecule is COc1cccc(C(C)(CC(=O)O)NC(=O)c2cc(C3CC3)n(C(C)(C)C)n2)c1. The molecule has 1 fully saturated rings. The van der Waals surface area contributed by atoms with Crippen LogP contribution >= 0.6 is 0 Å². The van der Waals surface area contributed by atoms with Crippen molar-refractivity contribution >= 4 is 11.9 Å². The smallest absolute Gasteiger partial charge is 0.306 e. The Balaban J connectivity index is 1.94. The summed E-state index contributed by atoms with van der Waals surface area (Å²) in [5.74, 6) is -0.357. The summed E-state index contributed by atoms with van der Waals surface area (Å²) >= 11 is 0. The summed E-state index contributed by atoms with van der Waals surface area (Å²) in [5, 5.41) is 16.9. The Hall–Kier alpha value is -2.83. The number of hydrogen-bond acceptors (Lipinski definition) is 4. The van der Waals surface area contributed by atoms with Crippen molar-refractivity contribution in [2.24, 2.45) is 0 Å². The van der Waals surface area contributed by atoms with Gasteiger partial charge in [-0.25, -0.2) is 0 Å². The Morgan fingerprint density at radius 1 is 1.24 bits per heavy atom. The molecule has 1 atom stereocenters. The maximum Gasteiger partial charge on any atom is 0.306 e. The van der Waals surface area contributed by atoms with Crippen LogP contribution in [0.4, 0.5) is 0 Å². The molecule has 1 aliphatic carbocycles. The van der Waals surface area contributed by atoms with E-state index in [0.29, 0.717) is 22.9 Å². The van der Waals surface area contributed by atoms with E-state index in [1.165, 1.54) is 0 Å². The van der Waals surface area contributed by atoms with Crippen LogP contribution in [0, 0.1) is 0 Å². The van der Waals surface area contributed by atoms with E-state index >= 15 is 0 Å². The highest BCUT2D eigenvalue weighted by Crippen LogP contribution is 2.41. The number of carbonyl (C=O) groups is 2. The normalized spacial score (nSPS) is 16.2. The van der Waals surface area contributed by atoms with Crippen LogP contribution in [0.3, 0.4) is 0 Å². The lowest BCUT2D eigenvalue weighted by Crippen LogP contribution is -2.45.